The van der Waals surface area contributed by atoms with Gasteiger partial charge in [-0.05, 0) is 74.3 Å². The molecule has 4 saturated carbocycles. The topological polar surface area (TPSA) is 42.0 Å². The number of aryl methyl sites for hydroxylation is 1. The van der Waals surface area contributed by atoms with Crippen molar-refractivity contribution in [1.82, 2.24) is 10.3 Å². The van der Waals surface area contributed by atoms with E-state index in [0.29, 0.717) is 5.41 Å². The molecule has 1 heterocycles. The summed E-state index contributed by atoms with van der Waals surface area (Å²) >= 11 is 0. The number of aromatic nitrogens is 1. The molecule has 1 aromatic rings. The van der Waals surface area contributed by atoms with Crippen LogP contribution in [0.2, 0.25) is 0 Å². The van der Waals surface area contributed by atoms with Gasteiger partial charge in [-0.1, -0.05) is 0 Å². The van der Waals surface area contributed by atoms with Crippen molar-refractivity contribution >= 4 is 5.91 Å². The molecule has 0 spiro atoms. The van der Waals surface area contributed by atoms with Gasteiger partial charge in [0.1, 0.15) is 0 Å². The van der Waals surface area contributed by atoms with Gasteiger partial charge in [0.15, 0.2) is 0 Å². The van der Waals surface area contributed by atoms with Crippen molar-refractivity contribution in [3.63, 3.8) is 0 Å². The summed E-state index contributed by atoms with van der Waals surface area (Å²) in [6.45, 7) is 2.76. The van der Waals surface area contributed by atoms with Crippen molar-refractivity contribution in [3.05, 3.63) is 29.6 Å². The van der Waals surface area contributed by atoms with Gasteiger partial charge in [0.05, 0.1) is 5.56 Å². The maximum Gasteiger partial charge on any atom is 0.253 e. The summed E-state index contributed by atoms with van der Waals surface area (Å²) in [5.41, 5.74) is 1.96. The van der Waals surface area contributed by atoms with E-state index < -0.39 is 0 Å². The zero-order valence-electron chi connectivity index (χ0n) is 12.1. The maximum absolute atomic E-state index is 12.3. The first-order chi connectivity index (χ1) is 9.65. The van der Waals surface area contributed by atoms with Crippen molar-refractivity contribution in [1.29, 1.82) is 0 Å². The third-order valence-corrected chi connectivity index (χ3v) is 5.93. The van der Waals surface area contributed by atoms with Crippen LogP contribution in [0.15, 0.2) is 18.3 Å². The molecule has 4 aliphatic rings. The standard InChI is InChI=1S/C17H22N2O/c1-11-15(3-2-4-18-11)16(20)19-10-17-7-12-5-13(8-17)14(6-12)9-17/h2-4,12-14H,5-10H2,1H3,(H,19,20). The average molecular weight is 270 g/mol. The Labute approximate surface area is 120 Å². The molecule has 0 aromatic carbocycles. The van der Waals surface area contributed by atoms with Gasteiger partial charge in [0.25, 0.3) is 5.91 Å². The molecule has 4 fully saturated rings. The molecule has 20 heavy (non-hydrogen) atoms. The predicted molar refractivity (Wildman–Crippen MR) is 77.3 cm³/mol. The molecule has 4 aliphatic carbocycles. The Kier molecular flexibility index (Phi) is 2.66. The Morgan fingerprint density at radius 1 is 1.35 bits per heavy atom. The van der Waals surface area contributed by atoms with E-state index in [1.54, 1.807) is 6.20 Å². The molecule has 2 unspecified atom stereocenters. The highest BCUT2D eigenvalue weighted by atomic mass is 16.1. The molecule has 1 amide bonds. The first kappa shape index (κ1) is 12.4. The molecule has 3 nitrogen and oxygen atoms in total. The lowest BCUT2D eigenvalue weighted by atomic mass is 9.69. The molecule has 3 heteroatoms. The molecular weight excluding hydrogens is 248 g/mol. The van der Waals surface area contributed by atoms with Crippen molar-refractivity contribution in [2.24, 2.45) is 23.2 Å². The fourth-order valence-electron chi connectivity index (χ4n) is 5.28. The molecule has 1 aromatic heterocycles. The van der Waals surface area contributed by atoms with Crippen LogP contribution in [0.25, 0.3) is 0 Å². The number of carbonyl (C=O) groups is 1. The highest BCUT2D eigenvalue weighted by molar-refractivity contribution is 5.95. The Hall–Kier alpha value is -1.38. The molecule has 0 radical (unpaired) electrons. The third-order valence-electron chi connectivity index (χ3n) is 5.93. The van der Waals surface area contributed by atoms with Gasteiger partial charge in [-0.15, -0.1) is 0 Å². The molecule has 4 bridgehead atoms. The summed E-state index contributed by atoms with van der Waals surface area (Å²) in [6, 6.07) is 3.70. The second kappa shape index (κ2) is 4.31. The van der Waals surface area contributed by atoms with E-state index in [1.807, 2.05) is 19.1 Å². The minimum Gasteiger partial charge on any atom is -0.351 e. The van der Waals surface area contributed by atoms with Crippen molar-refractivity contribution in [3.8, 4) is 0 Å². The second-order valence-corrected chi connectivity index (χ2v) is 7.29. The number of nitrogens with one attached hydrogen (secondary N) is 1. The van der Waals surface area contributed by atoms with Gasteiger partial charge in [0, 0.05) is 18.4 Å². The number of nitrogens with zero attached hydrogens (tertiary/aromatic N) is 1. The van der Waals surface area contributed by atoms with E-state index in [0.717, 1.165) is 35.6 Å². The molecular formula is C17H22N2O. The van der Waals surface area contributed by atoms with E-state index in [9.17, 15) is 4.79 Å². The van der Waals surface area contributed by atoms with Crippen LogP contribution in [-0.4, -0.2) is 17.4 Å². The maximum atomic E-state index is 12.3. The number of hydrogen-bond acceptors (Lipinski definition) is 2. The largest absolute Gasteiger partial charge is 0.351 e. The lowest BCUT2D eigenvalue weighted by Gasteiger charge is -2.38. The molecule has 0 saturated heterocycles. The zero-order chi connectivity index (χ0) is 13.7. The summed E-state index contributed by atoms with van der Waals surface area (Å²) in [5, 5.41) is 3.19. The van der Waals surface area contributed by atoms with Gasteiger partial charge in [0.2, 0.25) is 0 Å². The number of carbonyl (C=O) groups excluding carboxylic acids is 1. The number of hydrogen-bond donors (Lipinski definition) is 1. The van der Waals surface area contributed by atoms with E-state index in [-0.39, 0.29) is 5.91 Å². The Bertz CT molecular complexity index is 534. The van der Waals surface area contributed by atoms with Crippen molar-refractivity contribution in [2.45, 2.75) is 39.0 Å². The lowest BCUT2D eigenvalue weighted by molar-refractivity contribution is 0.0883. The van der Waals surface area contributed by atoms with Crippen LogP contribution >= 0.6 is 0 Å². The highest BCUT2D eigenvalue weighted by Gasteiger charge is 2.55. The summed E-state index contributed by atoms with van der Waals surface area (Å²) in [7, 11) is 0. The first-order valence-electron chi connectivity index (χ1n) is 7.85. The van der Waals surface area contributed by atoms with Crippen molar-refractivity contribution < 1.29 is 4.79 Å². The molecule has 5 rings (SSSR count). The van der Waals surface area contributed by atoms with Crippen LogP contribution in [0.1, 0.15) is 48.2 Å². The normalized spacial score (nSPS) is 37.4. The van der Waals surface area contributed by atoms with Crippen molar-refractivity contribution in [2.75, 3.05) is 6.54 Å². The van der Waals surface area contributed by atoms with Crippen LogP contribution in [-0.2, 0) is 0 Å². The fraction of sp³-hybridized carbons (Fsp3) is 0.647. The summed E-state index contributed by atoms with van der Waals surface area (Å²) in [4.78, 5) is 16.5. The Morgan fingerprint density at radius 2 is 2.10 bits per heavy atom. The van der Waals surface area contributed by atoms with E-state index >= 15 is 0 Å². The first-order valence-corrected chi connectivity index (χ1v) is 7.85. The smallest absolute Gasteiger partial charge is 0.253 e. The summed E-state index contributed by atoms with van der Waals surface area (Å²) < 4.78 is 0. The SMILES string of the molecule is Cc1ncccc1C(=O)NCC12CC3CC(C1)C(C3)C2. The van der Waals surface area contributed by atoms with E-state index in [2.05, 4.69) is 10.3 Å². The van der Waals surface area contributed by atoms with Gasteiger partial charge in [-0.25, -0.2) is 0 Å². The molecule has 106 valence electrons. The zero-order valence-corrected chi connectivity index (χ0v) is 12.1. The quantitative estimate of drug-likeness (QED) is 0.917. The Morgan fingerprint density at radius 3 is 2.75 bits per heavy atom. The number of pyridine rings is 1. The monoisotopic (exact) mass is 270 g/mol. The number of amides is 1. The number of rotatable bonds is 3. The van der Waals surface area contributed by atoms with Gasteiger partial charge in [-0.2, -0.15) is 0 Å². The minimum atomic E-state index is 0.0488. The third kappa shape index (κ3) is 1.87. The minimum absolute atomic E-state index is 0.0488. The molecule has 2 atom stereocenters. The van der Waals surface area contributed by atoms with Gasteiger partial charge >= 0.3 is 0 Å². The van der Waals surface area contributed by atoms with Crippen LogP contribution in [0.4, 0.5) is 0 Å². The Balaban J connectivity index is 1.44. The summed E-state index contributed by atoms with van der Waals surface area (Å²) in [5.74, 6) is 2.92. The predicted octanol–water partition coefficient (Wildman–Crippen LogP) is 2.95. The van der Waals surface area contributed by atoms with Gasteiger partial charge in [-0.3, -0.25) is 9.78 Å². The lowest BCUT2D eigenvalue weighted by Crippen LogP contribution is -2.40. The highest BCUT2D eigenvalue weighted by Crippen LogP contribution is 2.63. The molecule has 1 N–H and O–H groups in total. The summed E-state index contributed by atoms with van der Waals surface area (Å²) in [6.07, 6.45) is 8.69. The van der Waals surface area contributed by atoms with E-state index in [1.165, 1.54) is 32.1 Å². The van der Waals surface area contributed by atoms with Gasteiger partial charge < -0.3 is 5.32 Å². The van der Waals surface area contributed by atoms with Crippen LogP contribution in [0.3, 0.4) is 0 Å². The van der Waals surface area contributed by atoms with Crippen LogP contribution in [0.5, 0.6) is 0 Å². The fourth-order valence-corrected chi connectivity index (χ4v) is 5.28. The van der Waals surface area contributed by atoms with E-state index in [4.69, 9.17) is 0 Å². The van der Waals surface area contributed by atoms with Crippen LogP contribution < -0.4 is 5.32 Å². The van der Waals surface area contributed by atoms with Crippen LogP contribution in [0, 0.1) is 30.1 Å². The second-order valence-electron chi connectivity index (χ2n) is 7.29. The molecule has 0 aliphatic heterocycles. The average Bonchev–Trinajstić information content (AvgIpc) is 2.84.